The fraction of sp³-hybridized carbons (Fsp3) is 0.778. The van der Waals surface area contributed by atoms with E-state index >= 15 is 0 Å². The quantitative estimate of drug-likeness (QED) is 0.658. The van der Waals surface area contributed by atoms with Crippen LogP contribution in [0.4, 0.5) is 0 Å². The summed E-state index contributed by atoms with van der Waals surface area (Å²) in [6.45, 7) is 0.303. The molecular formula is C9H15NO6S. The summed E-state index contributed by atoms with van der Waals surface area (Å²) in [5.74, 6) is -2.29. The van der Waals surface area contributed by atoms with Gasteiger partial charge >= 0.3 is 11.9 Å². The van der Waals surface area contributed by atoms with Crippen molar-refractivity contribution in [1.29, 1.82) is 0 Å². The Bertz CT molecular complexity index is 390. The molecule has 8 heteroatoms. The van der Waals surface area contributed by atoms with Gasteiger partial charge in [-0.1, -0.05) is 0 Å². The predicted molar refractivity (Wildman–Crippen MR) is 58.5 cm³/mol. The van der Waals surface area contributed by atoms with E-state index < -0.39 is 27.8 Å². The molecule has 0 aromatic rings. The Labute approximate surface area is 98.9 Å². The van der Waals surface area contributed by atoms with E-state index in [-0.39, 0.29) is 37.4 Å². The number of rotatable bonds is 5. The average Bonchev–Trinajstić information content (AvgIpc) is 2.19. The molecule has 1 unspecified atom stereocenters. The van der Waals surface area contributed by atoms with Crippen LogP contribution in [0, 0.1) is 0 Å². The summed E-state index contributed by atoms with van der Waals surface area (Å²) in [6.07, 6.45) is -0.245. The van der Waals surface area contributed by atoms with E-state index in [4.69, 9.17) is 10.2 Å². The molecule has 0 aromatic carbocycles. The summed E-state index contributed by atoms with van der Waals surface area (Å²) in [6, 6.07) is -0.915. The van der Waals surface area contributed by atoms with E-state index in [9.17, 15) is 18.0 Å². The van der Waals surface area contributed by atoms with Gasteiger partial charge in [-0.15, -0.1) is 0 Å². The molecule has 0 aromatic heterocycles. The standard InChI is InChI=1S/C9H15NO6S/c11-8(12)2-1-7(9(13)14)10-3-5-17(15,16)6-4-10/h7H,1-6H2,(H,11,12)(H,13,14). The molecule has 7 nitrogen and oxygen atoms in total. The summed E-state index contributed by atoms with van der Waals surface area (Å²) in [5, 5.41) is 17.5. The predicted octanol–water partition coefficient (Wildman–Crippen LogP) is -0.965. The SMILES string of the molecule is O=C(O)CCC(C(=O)O)N1CCS(=O)(=O)CC1. The van der Waals surface area contributed by atoms with Gasteiger partial charge in [-0.25, -0.2) is 8.42 Å². The maximum Gasteiger partial charge on any atom is 0.320 e. The molecule has 1 heterocycles. The maximum absolute atomic E-state index is 11.2. The molecule has 0 amide bonds. The molecule has 1 atom stereocenters. The Balaban J connectivity index is 2.60. The lowest BCUT2D eigenvalue weighted by Gasteiger charge is -2.31. The van der Waals surface area contributed by atoms with Crippen LogP contribution in [0.15, 0.2) is 0 Å². The van der Waals surface area contributed by atoms with E-state index in [0.29, 0.717) is 0 Å². The van der Waals surface area contributed by atoms with Gasteiger partial charge in [0.2, 0.25) is 0 Å². The molecule has 17 heavy (non-hydrogen) atoms. The maximum atomic E-state index is 11.2. The molecular weight excluding hydrogens is 250 g/mol. The topological polar surface area (TPSA) is 112 Å². The normalized spacial score (nSPS) is 21.9. The molecule has 0 radical (unpaired) electrons. The summed E-state index contributed by atoms with van der Waals surface area (Å²) >= 11 is 0. The Morgan fingerprint density at radius 2 is 1.71 bits per heavy atom. The number of hydrogen-bond donors (Lipinski definition) is 2. The molecule has 98 valence electrons. The summed E-state index contributed by atoms with van der Waals surface area (Å²) in [5.41, 5.74) is 0. The van der Waals surface area contributed by atoms with Gasteiger partial charge in [0.1, 0.15) is 6.04 Å². The van der Waals surface area contributed by atoms with Gasteiger partial charge in [0.25, 0.3) is 0 Å². The summed E-state index contributed by atoms with van der Waals surface area (Å²) in [7, 11) is -3.06. The van der Waals surface area contributed by atoms with Crippen molar-refractivity contribution in [3.8, 4) is 0 Å². The second kappa shape index (κ2) is 5.46. The molecule has 0 bridgehead atoms. The lowest BCUT2D eigenvalue weighted by molar-refractivity contribution is -0.144. The monoisotopic (exact) mass is 265 g/mol. The van der Waals surface area contributed by atoms with E-state index in [1.54, 1.807) is 0 Å². The molecule has 1 aliphatic heterocycles. The van der Waals surface area contributed by atoms with Gasteiger partial charge in [-0.3, -0.25) is 14.5 Å². The molecule has 0 spiro atoms. The van der Waals surface area contributed by atoms with Gasteiger partial charge in [-0.05, 0) is 6.42 Å². The number of carboxylic acids is 2. The van der Waals surface area contributed by atoms with E-state index in [2.05, 4.69) is 0 Å². The molecule has 1 rings (SSSR count). The Hall–Kier alpha value is -1.15. The van der Waals surface area contributed by atoms with Crippen LogP contribution in [0.2, 0.25) is 0 Å². The molecule has 0 saturated carbocycles. The molecule has 1 saturated heterocycles. The fourth-order valence-electron chi connectivity index (χ4n) is 1.76. The highest BCUT2D eigenvalue weighted by Crippen LogP contribution is 2.12. The zero-order valence-corrected chi connectivity index (χ0v) is 10.0. The third-order valence-corrected chi connectivity index (χ3v) is 4.35. The summed E-state index contributed by atoms with van der Waals surface area (Å²) < 4.78 is 22.4. The first-order valence-electron chi connectivity index (χ1n) is 5.21. The minimum absolute atomic E-state index is 0.00921. The Kier molecular flexibility index (Phi) is 4.47. The third-order valence-electron chi connectivity index (χ3n) is 2.74. The second-order valence-electron chi connectivity index (χ2n) is 3.97. The highest BCUT2D eigenvalue weighted by atomic mass is 32.2. The van der Waals surface area contributed by atoms with Crippen molar-refractivity contribution in [2.75, 3.05) is 24.6 Å². The zero-order chi connectivity index (χ0) is 13.1. The Morgan fingerprint density at radius 1 is 1.18 bits per heavy atom. The second-order valence-corrected chi connectivity index (χ2v) is 6.28. The fourth-order valence-corrected chi connectivity index (χ4v) is 2.99. The van der Waals surface area contributed by atoms with Crippen LogP contribution in [0.1, 0.15) is 12.8 Å². The molecule has 1 aliphatic rings. The van der Waals surface area contributed by atoms with Crippen molar-refractivity contribution < 1.29 is 28.2 Å². The van der Waals surface area contributed by atoms with Crippen LogP contribution in [0.5, 0.6) is 0 Å². The first kappa shape index (κ1) is 13.9. The van der Waals surface area contributed by atoms with Crippen LogP contribution in [-0.4, -0.2) is 66.1 Å². The molecule has 1 fully saturated rings. The first-order chi connectivity index (χ1) is 7.82. The van der Waals surface area contributed by atoms with Crippen molar-refractivity contribution in [2.24, 2.45) is 0 Å². The van der Waals surface area contributed by atoms with Gasteiger partial charge in [0.05, 0.1) is 11.5 Å². The van der Waals surface area contributed by atoms with E-state index in [1.807, 2.05) is 0 Å². The lowest BCUT2D eigenvalue weighted by atomic mass is 10.1. The number of nitrogens with zero attached hydrogens (tertiary/aromatic N) is 1. The van der Waals surface area contributed by atoms with Crippen molar-refractivity contribution in [2.45, 2.75) is 18.9 Å². The Morgan fingerprint density at radius 3 is 2.12 bits per heavy atom. The van der Waals surface area contributed by atoms with Gasteiger partial charge in [0.15, 0.2) is 9.84 Å². The number of carboxylic acid groups (broad SMARTS) is 2. The summed E-state index contributed by atoms with van der Waals surface area (Å²) in [4.78, 5) is 22.9. The lowest BCUT2D eigenvalue weighted by Crippen LogP contribution is -2.49. The van der Waals surface area contributed by atoms with Crippen molar-refractivity contribution in [3.05, 3.63) is 0 Å². The number of carbonyl (C=O) groups is 2. The van der Waals surface area contributed by atoms with Crippen LogP contribution < -0.4 is 0 Å². The number of hydrogen-bond acceptors (Lipinski definition) is 5. The number of aliphatic carboxylic acids is 2. The van der Waals surface area contributed by atoms with Crippen molar-refractivity contribution >= 4 is 21.8 Å². The van der Waals surface area contributed by atoms with Crippen molar-refractivity contribution in [3.63, 3.8) is 0 Å². The van der Waals surface area contributed by atoms with E-state index in [0.717, 1.165) is 0 Å². The van der Waals surface area contributed by atoms with Crippen LogP contribution in [0.25, 0.3) is 0 Å². The third kappa shape index (κ3) is 4.31. The van der Waals surface area contributed by atoms with Gasteiger partial charge in [-0.2, -0.15) is 0 Å². The smallest absolute Gasteiger partial charge is 0.320 e. The first-order valence-corrected chi connectivity index (χ1v) is 7.03. The van der Waals surface area contributed by atoms with Crippen LogP contribution >= 0.6 is 0 Å². The largest absolute Gasteiger partial charge is 0.481 e. The zero-order valence-electron chi connectivity index (χ0n) is 9.20. The average molecular weight is 265 g/mol. The number of sulfone groups is 1. The highest BCUT2D eigenvalue weighted by molar-refractivity contribution is 7.91. The van der Waals surface area contributed by atoms with Gasteiger partial charge in [0, 0.05) is 19.5 Å². The molecule has 0 aliphatic carbocycles. The van der Waals surface area contributed by atoms with Crippen LogP contribution in [-0.2, 0) is 19.4 Å². The van der Waals surface area contributed by atoms with Crippen molar-refractivity contribution in [1.82, 2.24) is 4.90 Å². The van der Waals surface area contributed by atoms with E-state index in [1.165, 1.54) is 4.90 Å². The van der Waals surface area contributed by atoms with Gasteiger partial charge < -0.3 is 10.2 Å². The highest BCUT2D eigenvalue weighted by Gasteiger charge is 2.31. The van der Waals surface area contributed by atoms with Crippen LogP contribution in [0.3, 0.4) is 0 Å². The minimum atomic E-state index is -3.06. The minimum Gasteiger partial charge on any atom is -0.481 e. The molecule has 2 N–H and O–H groups in total.